The molecular formula is C22H17F4N5O2. The molecule has 0 radical (unpaired) electrons. The lowest BCUT2D eigenvalue weighted by molar-refractivity contribution is -0.139. The highest BCUT2D eigenvalue weighted by Crippen LogP contribution is 2.37. The third-order valence-electron chi connectivity index (χ3n) is 4.91. The number of nitrogen functional groups attached to an aromatic ring is 1. The minimum absolute atomic E-state index is 0.200. The second kappa shape index (κ2) is 8.34. The van der Waals surface area contributed by atoms with Crippen molar-refractivity contribution in [2.24, 2.45) is 0 Å². The molecule has 0 fully saturated rings. The Bertz CT molecular complexity index is 1330. The van der Waals surface area contributed by atoms with Gasteiger partial charge < -0.3 is 21.1 Å². The fourth-order valence-corrected chi connectivity index (χ4v) is 3.39. The van der Waals surface area contributed by atoms with E-state index in [4.69, 9.17) is 10.5 Å². The molecule has 1 aromatic heterocycles. The van der Waals surface area contributed by atoms with Crippen molar-refractivity contribution in [3.63, 3.8) is 0 Å². The zero-order chi connectivity index (χ0) is 23.8. The molecule has 0 aliphatic rings. The number of anilines is 3. The van der Waals surface area contributed by atoms with Crippen molar-refractivity contribution in [1.82, 2.24) is 10.2 Å². The molecule has 0 unspecified atom stereocenters. The number of carbonyl (C=O) groups is 1. The van der Waals surface area contributed by atoms with E-state index in [9.17, 15) is 22.4 Å². The summed E-state index contributed by atoms with van der Waals surface area (Å²) in [5.41, 5.74) is 6.94. The number of alkyl halides is 3. The van der Waals surface area contributed by atoms with Crippen LogP contribution < -0.4 is 21.1 Å². The maximum absolute atomic E-state index is 13.4. The summed E-state index contributed by atoms with van der Waals surface area (Å²) in [6.45, 7) is 0. The molecule has 0 aliphatic heterocycles. The average molecular weight is 459 g/mol. The van der Waals surface area contributed by atoms with Crippen molar-refractivity contribution in [2.45, 2.75) is 6.18 Å². The van der Waals surface area contributed by atoms with Gasteiger partial charge in [0.25, 0.3) is 0 Å². The number of hydrogen-bond acceptors (Lipinski definition) is 4. The summed E-state index contributed by atoms with van der Waals surface area (Å²) in [5, 5.41) is 12.3. The maximum atomic E-state index is 13.4. The number of halogens is 4. The number of nitrogens with zero attached hydrogens (tertiary/aromatic N) is 1. The molecule has 2 amide bonds. The van der Waals surface area contributed by atoms with Gasteiger partial charge in [0, 0.05) is 11.4 Å². The van der Waals surface area contributed by atoms with Crippen LogP contribution in [0.1, 0.15) is 5.56 Å². The molecule has 11 heteroatoms. The van der Waals surface area contributed by atoms with E-state index >= 15 is 0 Å². The summed E-state index contributed by atoms with van der Waals surface area (Å²) in [6.07, 6.45) is -4.88. The molecule has 0 saturated heterocycles. The van der Waals surface area contributed by atoms with Crippen LogP contribution >= 0.6 is 0 Å². The van der Waals surface area contributed by atoms with Gasteiger partial charge in [0.05, 0.1) is 18.1 Å². The lowest BCUT2D eigenvalue weighted by Crippen LogP contribution is -2.20. The minimum atomic E-state index is -4.88. The Balaban J connectivity index is 1.52. The highest BCUT2D eigenvalue weighted by Gasteiger charge is 2.34. The third-order valence-corrected chi connectivity index (χ3v) is 4.91. The predicted molar refractivity (Wildman–Crippen MR) is 117 cm³/mol. The highest BCUT2D eigenvalue weighted by atomic mass is 19.4. The van der Waals surface area contributed by atoms with Gasteiger partial charge in [-0.1, -0.05) is 12.1 Å². The van der Waals surface area contributed by atoms with Crippen molar-refractivity contribution in [3.8, 4) is 16.9 Å². The number of nitrogens with one attached hydrogen (secondary N) is 3. The van der Waals surface area contributed by atoms with Gasteiger partial charge in [0.1, 0.15) is 17.1 Å². The van der Waals surface area contributed by atoms with E-state index in [-0.39, 0.29) is 5.69 Å². The van der Waals surface area contributed by atoms with Crippen molar-refractivity contribution in [2.75, 3.05) is 23.5 Å². The summed E-state index contributed by atoms with van der Waals surface area (Å²) < 4.78 is 57.3. The molecule has 3 aromatic carbocycles. The first-order chi connectivity index (χ1) is 15.7. The van der Waals surface area contributed by atoms with Gasteiger partial charge in [0.2, 0.25) is 0 Å². The summed E-state index contributed by atoms with van der Waals surface area (Å²) in [7, 11) is 1.53. The molecule has 5 N–H and O–H groups in total. The number of hydrogen-bond donors (Lipinski definition) is 4. The minimum Gasteiger partial charge on any atom is -0.494 e. The van der Waals surface area contributed by atoms with E-state index in [0.29, 0.717) is 40.3 Å². The van der Waals surface area contributed by atoms with Crippen molar-refractivity contribution < 1.29 is 27.1 Å². The molecule has 0 atom stereocenters. The topological polar surface area (TPSA) is 105 Å². The lowest BCUT2D eigenvalue weighted by atomic mass is 10.0. The predicted octanol–water partition coefficient (Wildman–Crippen LogP) is 5.62. The monoisotopic (exact) mass is 459 g/mol. The van der Waals surface area contributed by atoms with Crippen LogP contribution in [0.25, 0.3) is 22.0 Å². The van der Waals surface area contributed by atoms with Crippen LogP contribution in [0.2, 0.25) is 0 Å². The molecule has 7 nitrogen and oxygen atoms in total. The van der Waals surface area contributed by atoms with Crippen LogP contribution in [0.4, 0.5) is 39.5 Å². The molecule has 4 aromatic rings. The van der Waals surface area contributed by atoms with Crippen molar-refractivity contribution in [1.29, 1.82) is 0 Å². The number of carbonyl (C=O) groups excluding carboxylic acids is 1. The summed E-state index contributed by atoms with van der Waals surface area (Å²) in [5.74, 6) is -0.532. The standard InChI is InChI=1S/C22H17F4N5O2/c1-33-17-9-7-14(18-19(17)30-31-20(18)27)11-2-4-12(5-3-11)28-21(32)29-13-6-8-16(23)15(10-13)22(24,25)26/h2-10H,1H3,(H3,27,30,31)(H2,28,29,32). The Morgan fingerprint density at radius 1 is 1.03 bits per heavy atom. The second-order valence-electron chi connectivity index (χ2n) is 7.02. The zero-order valence-electron chi connectivity index (χ0n) is 17.0. The summed E-state index contributed by atoms with van der Waals surface area (Å²) in [6, 6.07) is 11.7. The normalized spacial score (nSPS) is 11.4. The number of urea groups is 1. The Labute approximate surface area is 184 Å². The third kappa shape index (κ3) is 4.38. The molecule has 0 aliphatic carbocycles. The Kier molecular flexibility index (Phi) is 5.54. The molecule has 0 spiro atoms. The van der Waals surface area contributed by atoms with Gasteiger partial charge in [-0.05, 0) is 53.6 Å². The molecule has 4 rings (SSSR count). The van der Waals surface area contributed by atoms with Crippen LogP contribution in [0.15, 0.2) is 54.6 Å². The van der Waals surface area contributed by atoms with E-state index in [1.807, 2.05) is 6.07 Å². The van der Waals surface area contributed by atoms with Crippen molar-refractivity contribution in [3.05, 3.63) is 66.0 Å². The Hall–Kier alpha value is -4.28. The fourth-order valence-electron chi connectivity index (χ4n) is 3.39. The maximum Gasteiger partial charge on any atom is 0.419 e. The summed E-state index contributed by atoms with van der Waals surface area (Å²) >= 11 is 0. The van der Waals surface area contributed by atoms with Crippen LogP contribution in [0.3, 0.4) is 0 Å². The first-order valence-corrected chi connectivity index (χ1v) is 9.53. The first-order valence-electron chi connectivity index (χ1n) is 9.53. The zero-order valence-corrected chi connectivity index (χ0v) is 17.0. The number of ether oxygens (including phenoxy) is 1. The largest absolute Gasteiger partial charge is 0.494 e. The number of methoxy groups -OCH3 is 1. The van der Waals surface area contributed by atoms with Gasteiger partial charge in [-0.3, -0.25) is 5.10 Å². The van der Waals surface area contributed by atoms with Crippen LogP contribution in [0, 0.1) is 5.82 Å². The molecule has 0 bridgehead atoms. The Morgan fingerprint density at radius 2 is 1.70 bits per heavy atom. The van der Waals surface area contributed by atoms with E-state index in [0.717, 1.165) is 17.2 Å². The quantitative estimate of drug-likeness (QED) is 0.297. The molecule has 0 saturated carbocycles. The highest BCUT2D eigenvalue weighted by molar-refractivity contribution is 6.04. The molecular weight excluding hydrogens is 442 g/mol. The van der Waals surface area contributed by atoms with E-state index in [1.165, 1.54) is 7.11 Å². The number of benzene rings is 3. The fraction of sp³-hybridized carbons (Fsp3) is 0.0909. The number of aromatic nitrogens is 2. The number of rotatable bonds is 4. The molecule has 1 heterocycles. The van der Waals surface area contributed by atoms with E-state index in [2.05, 4.69) is 20.8 Å². The van der Waals surface area contributed by atoms with E-state index < -0.39 is 23.6 Å². The summed E-state index contributed by atoms with van der Waals surface area (Å²) in [4.78, 5) is 12.2. The van der Waals surface area contributed by atoms with E-state index in [1.54, 1.807) is 30.3 Å². The van der Waals surface area contributed by atoms with Crippen LogP contribution in [-0.4, -0.2) is 23.3 Å². The SMILES string of the molecule is COc1ccc(-c2ccc(NC(=O)Nc3ccc(F)c(C(F)(F)F)c3)cc2)c2c(N)n[nH]c12. The number of H-pyrrole nitrogens is 1. The number of amides is 2. The molecule has 33 heavy (non-hydrogen) atoms. The smallest absolute Gasteiger partial charge is 0.419 e. The van der Waals surface area contributed by atoms with Gasteiger partial charge in [-0.15, -0.1) is 0 Å². The number of aromatic amines is 1. The van der Waals surface area contributed by atoms with Crippen LogP contribution in [0.5, 0.6) is 5.75 Å². The van der Waals surface area contributed by atoms with Crippen molar-refractivity contribution >= 4 is 34.1 Å². The second-order valence-corrected chi connectivity index (χ2v) is 7.02. The number of nitrogens with two attached hydrogens (primary N) is 1. The number of fused-ring (bicyclic) bond motifs is 1. The molecule has 170 valence electrons. The average Bonchev–Trinajstić information content (AvgIpc) is 3.16. The van der Waals surface area contributed by atoms with Crippen LogP contribution in [-0.2, 0) is 6.18 Å². The van der Waals surface area contributed by atoms with Gasteiger partial charge in [0.15, 0.2) is 5.82 Å². The van der Waals surface area contributed by atoms with Gasteiger partial charge >= 0.3 is 12.2 Å². The van der Waals surface area contributed by atoms with Gasteiger partial charge in [-0.25, -0.2) is 9.18 Å². The van der Waals surface area contributed by atoms with Gasteiger partial charge in [-0.2, -0.15) is 18.3 Å². The Morgan fingerprint density at radius 3 is 2.36 bits per heavy atom. The first kappa shape index (κ1) is 21.9. The lowest BCUT2D eigenvalue weighted by Gasteiger charge is -2.12.